The molecule has 13 aromatic rings. The van der Waals surface area contributed by atoms with Gasteiger partial charge in [0.1, 0.15) is 11.1 Å². The van der Waals surface area contributed by atoms with Gasteiger partial charge < -0.3 is 8.82 Å². The summed E-state index contributed by atoms with van der Waals surface area (Å²) in [6, 6.07) is 56.3. The van der Waals surface area contributed by atoms with E-state index in [-0.39, 0.29) is 0 Å². The molecule has 0 saturated heterocycles. The summed E-state index contributed by atoms with van der Waals surface area (Å²) in [5, 5.41) is 13.1. The number of para-hydroxylation sites is 3. The van der Waals surface area contributed by atoms with Gasteiger partial charge in [0.05, 0.1) is 27.6 Å². The van der Waals surface area contributed by atoms with Gasteiger partial charge in [0.15, 0.2) is 17.2 Å². The van der Waals surface area contributed by atoms with Crippen molar-refractivity contribution < 1.29 is 4.42 Å². The maximum absolute atomic E-state index is 6.78. The Labute approximate surface area is 300 Å². The number of benzene rings is 8. The van der Waals surface area contributed by atoms with Crippen LogP contribution in [0.3, 0.4) is 0 Å². The molecule has 0 atom stereocenters. The summed E-state index contributed by atoms with van der Waals surface area (Å²) in [7, 11) is 0. The van der Waals surface area contributed by atoms with Crippen LogP contribution in [0.15, 0.2) is 162 Å². The molecular weight excluding hydrogens is 649 g/mol. The molecular formula is C48H26N4O. The van der Waals surface area contributed by atoms with Gasteiger partial charge >= 0.3 is 0 Å². The molecule has 244 valence electrons. The van der Waals surface area contributed by atoms with Crippen LogP contribution in [-0.4, -0.2) is 18.9 Å². The van der Waals surface area contributed by atoms with Crippen LogP contribution in [0, 0.1) is 0 Å². The van der Waals surface area contributed by atoms with Crippen molar-refractivity contribution in [3.63, 3.8) is 0 Å². The van der Waals surface area contributed by atoms with Crippen molar-refractivity contribution in [1.82, 2.24) is 18.9 Å². The lowest BCUT2D eigenvalue weighted by Gasteiger charge is -2.11. The van der Waals surface area contributed by atoms with Crippen LogP contribution in [0.25, 0.3) is 121 Å². The van der Waals surface area contributed by atoms with Crippen LogP contribution in [0.4, 0.5) is 0 Å². The lowest BCUT2D eigenvalue weighted by atomic mass is 9.99. The summed E-state index contributed by atoms with van der Waals surface area (Å²) in [6.07, 6.45) is 0. The van der Waals surface area contributed by atoms with Gasteiger partial charge in [-0.25, -0.2) is 9.97 Å². The third-order valence-electron chi connectivity index (χ3n) is 11.4. The molecule has 5 heterocycles. The molecule has 5 aromatic heterocycles. The molecule has 0 bridgehead atoms. The van der Waals surface area contributed by atoms with E-state index < -0.39 is 0 Å². The zero-order valence-corrected chi connectivity index (χ0v) is 28.2. The van der Waals surface area contributed by atoms with Gasteiger partial charge in [0.25, 0.3) is 0 Å². The fraction of sp³-hybridized carbons (Fsp3) is 0. The molecule has 0 aliphatic carbocycles. The predicted octanol–water partition coefficient (Wildman–Crippen LogP) is 12.6. The first kappa shape index (κ1) is 27.5. The maximum atomic E-state index is 6.78. The zero-order valence-electron chi connectivity index (χ0n) is 28.2. The van der Waals surface area contributed by atoms with Gasteiger partial charge in [-0.2, -0.15) is 0 Å². The smallest absolute Gasteiger partial charge is 0.197 e. The summed E-state index contributed by atoms with van der Waals surface area (Å²) < 4.78 is 11.6. The first-order valence-electron chi connectivity index (χ1n) is 18.0. The van der Waals surface area contributed by atoms with Crippen molar-refractivity contribution in [2.75, 3.05) is 0 Å². The van der Waals surface area contributed by atoms with Crippen LogP contribution in [0.2, 0.25) is 0 Å². The number of hydrogen-bond acceptors (Lipinski definition) is 3. The van der Waals surface area contributed by atoms with E-state index in [1.54, 1.807) is 0 Å². The molecule has 13 rings (SSSR count). The van der Waals surface area contributed by atoms with Crippen LogP contribution in [0.1, 0.15) is 0 Å². The van der Waals surface area contributed by atoms with E-state index in [1.165, 1.54) is 65.0 Å². The third kappa shape index (κ3) is 3.46. The first-order chi connectivity index (χ1) is 26.3. The van der Waals surface area contributed by atoms with E-state index >= 15 is 0 Å². The summed E-state index contributed by atoms with van der Waals surface area (Å²) in [5.74, 6) is 1.39. The molecule has 53 heavy (non-hydrogen) atoms. The summed E-state index contributed by atoms with van der Waals surface area (Å²) >= 11 is 0. The van der Waals surface area contributed by atoms with Crippen LogP contribution >= 0.6 is 0 Å². The highest BCUT2D eigenvalue weighted by Crippen LogP contribution is 2.48. The molecule has 0 aliphatic rings. The highest BCUT2D eigenvalue weighted by Gasteiger charge is 2.28. The standard InChI is InChI=1S/C48H26N4O/c1-2-13-29-25-30(22-21-27(29)11-1)47-49-43-34-17-7-10-20-40(34)53-46(43)48(50-47)52-38-19-9-6-16-33(38)36-26-35-32-15-5-8-18-37(32)51-39-24-23-28-12-3-4-14-31(28)41(39)42(44(35)51)45(36)52/h1-26H. The highest BCUT2D eigenvalue weighted by molar-refractivity contribution is 6.37. The Morgan fingerprint density at radius 2 is 1.09 bits per heavy atom. The van der Waals surface area contributed by atoms with Crippen LogP contribution < -0.4 is 0 Å². The Kier molecular flexibility index (Phi) is 5.06. The Bertz CT molecular complexity index is 3700. The highest BCUT2D eigenvalue weighted by atomic mass is 16.3. The summed E-state index contributed by atoms with van der Waals surface area (Å²) in [5.41, 5.74) is 9.03. The van der Waals surface area contributed by atoms with Crippen molar-refractivity contribution in [2.24, 2.45) is 0 Å². The molecule has 5 heteroatoms. The monoisotopic (exact) mass is 674 g/mol. The van der Waals surface area contributed by atoms with Crippen LogP contribution in [-0.2, 0) is 0 Å². The minimum atomic E-state index is 0.660. The van der Waals surface area contributed by atoms with Crippen molar-refractivity contribution in [1.29, 1.82) is 0 Å². The predicted molar refractivity (Wildman–Crippen MR) is 219 cm³/mol. The van der Waals surface area contributed by atoms with Gasteiger partial charge in [-0.05, 0) is 64.0 Å². The largest absolute Gasteiger partial charge is 0.450 e. The van der Waals surface area contributed by atoms with Gasteiger partial charge in [0.2, 0.25) is 0 Å². The summed E-state index contributed by atoms with van der Waals surface area (Å²) in [4.78, 5) is 10.8. The van der Waals surface area contributed by atoms with Crippen molar-refractivity contribution in [2.45, 2.75) is 0 Å². The molecule has 0 fully saturated rings. The Balaban J connectivity index is 1.29. The second-order valence-electron chi connectivity index (χ2n) is 14.1. The average Bonchev–Trinajstić information content (AvgIpc) is 3.96. The average molecular weight is 675 g/mol. The van der Waals surface area contributed by atoms with E-state index in [2.05, 4.69) is 148 Å². The van der Waals surface area contributed by atoms with Crippen molar-refractivity contribution >= 4 is 104 Å². The normalized spacial score (nSPS) is 12.5. The van der Waals surface area contributed by atoms with E-state index in [9.17, 15) is 0 Å². The van der Waals surface area contributed by atoms with E-state index in [0.717, 1.165) is 44.3 Å². The van der Waals surface area contributed by atoms with Crippen molar-refractivity contribution in [3.05, 3.63) is 158 Å². The first-order valence-corrected chi connectivity index (χ1v) is 18.0. The van der Waals surface area contributed by atoms with Gasteiger partial charge in [-0.15, -0.1) is 0 Å². The van der Waals surface area contributed by atoms with Crippen molar-refractivity contribution in [3.8, 4) is 17.2 Å². The molecule has 8 aromatic carbocycles. The number of nitrogens with zero attached hydrogens (tertiary/aromatic N) is 4. The zero-order chi connectivity index (χ0) is 34.4. The molecule has 5 nitrogen and oxygen atoms in total. The Hall–Kier alpha value is -7.24. The summed E-state index contributed by atoms with van der Waals surface area (Å²) in [6.45, 7) is 0. The number of rotatable bonds is 2. The fourth-order valence-electron chi connectivity index (χ4n) is 9.17. The van der Waals surface area contributed by atoms with Gasteiger partial charge in [-0.1, -0.05) is 115 Å². The quantitative estimate of drug-likeness (QED) is 0.183. The Morgan fingerprint density at radius 1 is 0.434 bits per heavy atom. The SMILES string of the molecule is c1ccc2cc(-c3nc(-n4c5ccccc5c5cc6c7ccccc7n7c8ccc9ccccc9c8c(c54)c67)c4oc5ccccc5c4n3)ccc2c1. The lowest BCUT2D eigenvalue weighted by Crippen LogP contribution is -2.02. The lowest BCUT2D eigenvalue weighted by molar-refractivity contribution is 0.662. The molecule has 0 saturated carbocycles. The molecule has 0 N–H and O–H groups in total. The van der Waals surface area contributed by atoms with Gasteiger partial charge in [0, 0.05) is 43.3 Å². The number of furan rings is 1. The van der Waals surface area contributed by atoms with Gasteiger partial charge in [-0.3, -0.25) is 4.57 Å². The molecule has 0 aliphatic heterocycles. The third-order valence-corrected chi connectivity index (χ3v) is 11.4. The molecule has 0 unspecified atom stereocenters. The minimum Gasteiger partial charge on any atom is -0.450 e. The number of aromatic nitrogens is 4. The minimum absolute atomic E-state index is 0.660. The second kappa shape index (κ2) is 9.75. The van der Waals surface area contributed by atoms with E-state index in [4.69, 9.17) is 14.4 Å². The maximum Gasteiger partial charge on any atom is 0.197 e. The second-order valence-corrected chi connectivity index (χ2v) is 14.1. The topological polar surface area (TPSA) is 48.3 Å². The number of fused-ring (bicyclic) bond motifs is 16. The molecule has 0 radical (unpaired) electrons. The molecule has 0 spiro atoms. The number of hydrogen-bond donors (Lipinski definition) is 0. The van der Waals surface area contributed by atoms with Crippen LogP contribution in [0.5, 0.6) is 0 Å². The Morgan fingerprint density at radius 3 is 1.96 bits per heavy atom. The van der Waals surface area contributed by atoms with E-state index in [1.807, 2.05) is 18.2 Å². The van der Waals surface area contributed by atoms with E-state index in [0.29, 0.717) is 11.4 Å². The fourth-order valence-corrected chi connectivity index (χ4v) is 9.17. The molecule has 0 amide bonds.